The van der Waals surface area contributed by atoms with Gasteiger partial charge in [0.25, 0.3) is 0 Å². The normalized spacial score (nSPS) is 23.0. The highest BCUT2D eigenvalue weighted by Gasteiger charge is 2.34. The summed E-state index contributed by atoms with van der Waals surface area (Å²) in [7, 11) is -0.919. The number of rotatable bonds is 7. The summed E-state index contributed by atoms with van der Waals surface area (Å²) in [6.45, 7) is 3.80. The molecule has 1 aliphatic rings. The van der Waals surface area contributed by atoms with Crippen LogP contribution >= 0.6 is 0 Å². The average Bonchev–Trinajstić information content (AvgIpc) is 2.96. The molecule has 0 aliphatic carbocycles. The molecule has 1 aromatic rings. The van der Waals surface area contributed by atoms with E-state index in [-0.39, 0.29) is 5.92 Å². The molecule has 1 saturated heterocycles. The van der Waals surface area contributed by atoms with Crippen molar-refractivity contribution in [3.8, 4) is 0 Å². The smallest absolute Gasteiger partial charge is 0.150 e. The van der Waals surface area contributed by atoms with Gasteiger partial charge in [-0.3, -0.25) is 4.68 Å². The topological polar surface area (TPSA) is 76.9 Å². The highest BCUT2D eigenvalue weighted by atomic mass is 32.2. The second kappa shape index (κ2) is 6.67. The van der Waals surface area contributed by atoms with Crippen LogP contribution in [-0.4, -0.2) is 48.3 Å². The van der Waals surface area contributed by atoms with Gasteiger partial charge in [0.1, 0.15) is 12.2 Å². The molecule has 7 heteroatoms. The minimum absolute atomic E-state index is 0.235. The van der Waals surface area contributed by atoms with Gasteiger partial charge in [0.15, 0.2) is 9.84 Å². The molecular weight excluding hydrogens is 276 g/mol. The van der Waals surface area contributed by atoms with E-state index in [4.69, 9.17) is 0 Å². The molecule has 2 rings (SSSR count). The number of nitrogens with one attached hydrogen (secondary N) is 1. The minimum atomic E-state index is -2.83. The Morgan fingerprint density at radius 3 is 2.95 bits per heavy atom. The Morgan fingerprint density at radius 1 is 1.55 bits per heavy atom. The van der Waals surface area contributed by atoms with E-state index in [9.17, 15) is 8.42 Å². The highest BCUT2D eigenvalue weighted by molar-refractivity contribution is 7.91. The molecule has 20 heavy (non-hydrogen) atoms. The molecule has 0 radical (unpaired) electrons. The monoisotopic (exact) mass is 300 g/mol. The van der Waals surface area contributed by atoms with Gasteiger partial charge >= 0.3 is 0 Å². The van der Waals surface area contributed by atoms with E-state index in [2.05, 4.69) is 22.3 Å². The van der Waals surface area contributed by atoms with Crippen LogP contribution in [0.25, 0.3) is 0 Å². The Bertz CT molecular complexity index is 526. The van der Waals surface area contributed by atoms with Crippen molar-refractivity contribution >= 4 is 9.84 Å². The third-order valence-electron chi connectivity index (χ3n) is 3.98. The highest BCUT2D eigenvalue weighted by Crippen LogP contribution is 2.28. The zero-order chi connectivity index (χ0) is 14.6. The van der Waals surface area contributed by atoms with Crippen LogP contribution in [0.2, 0.25) is 0 Å². The fourth-order valence-electron chi connectivity index (χ4n) is 2.94. The van der Waals surface area contributed by atoms with Gasteiger partial charge in [0.05, 0.1) is 11.5 Å². The zero-order valence-electron chi connectivity index (χ0n) is 12.2. The number of hydrogen-bond donors (Lipinski definition) is 1. The fourth-order valence-corrected chi connectivity index (χ4v) is 4.86. The first-order valence-corrected chi connectivity index (χ1v) is 9.09. The molecule has 1 aromatic heterocycles. The number of hydrogen-bond acceptors (Lipinski definition) is 5. The van der Waals surface area contributed by atoms with Gasteiger partial charge in [-0.25, -0.2) is 13.4 Å². The van der Waals surface area contributed by atoms with Gasteiger partial charge in [-0.2, -0.15) is 5.10 Å². The molecule has 0 bridgehead atoms. The summed E-state index contributed by atoms with van der Waals surface area (Å²) in [5.41, 5.74) is 0. The second-order valence-corrected chi connectivity index (χ2v) is 7.81. The SMILES string of the molecule is CCCn1ncnc1CC(CNC)C1CCS(=O)(=O)C1. The van der Waals surface area contributed by atoms with Crippen LogP contribution in [0.5, 0.6) is 0 Å². The largest absolute Gasteiger partial charge is 0.319 e. The molecule has 114 valence electrons. The van der Waals surface area contributed by atoms with Crippen molar-refractivity contribution < 1.29 is 8.42 Å². The lowest BCUT2D eigenvalue weighted by Gasteiger charge is -2.22. The average molecular weight is 300 g/mol. The van der Waals surface area contributed by atoms with Crippen LogP contribution in [-0.2, 0) is 22.8 Å². The molecule has 1 fully saturated rings. The van der Waals surface area contributed by atoms with E-state index >= 15 is 0 Å². The third kappa shape index (κ3) is 3.79. The minimum Gasteiger partial charge on any atom is -0.319 e. The van der Waals surface area contributed by atoms with Crippen LogP contribution in [0.3, 0.4) is 0 Å². The lowest BCUT2D eigenvalue weighted by molar-refractivity contribution is 0.339. The Labute approximate surface area is 120 Å². The van der Waals surface area contributed by atoms with Crippen molar-refractivity contribution in [3.63, 3.8) is 0 Å². The van der Waals surface area contributed by atoms with Gasteiger partial charge in [-0.15, -0.1) is 0 Å². The predicted octanol–water partition coefficient (Wildman–Crippen LogP) is 0.501. The number of sulfone groups is 1. The first-order valence-electron chi connectivity index (χ1n) is 7.27. The van der Waals surface area contributed by atoms with E-state index in [1.54, 1.807) is 6.33 Å². The third-order valence-corrected chi connectivity index (χ3v) is 5.77. The Kier molecular flexibility index (Phi) is 5.15. The summed E-state index contributed by atoms with van der Waals surface area (Å²) >= 11 is 0. The summed E-state index contributed by atoms with van der Waals surface area (Å²) in [6, 6.07) is 0. The zero-order valence-corrected chi connectivity index (χ0v) is 13.1. The van der Waals surface area contributed by atoms with Crippen LogP contribution < -0.4 is 5.32 Å². The van der Waals surface area contributed by atoms with Gasteiger partial charge in [0, 0.05) is 13.0 Å². The Hall–Kier alpha value is -0.950. The Morgan fingerprint density at radius 2 is 2.35 bits per heavy atom. The molecular formula is C13H24N4O2S. The maximum Gasteiger partial charge on any atom is 0.150 e. The number of nitrogens with zero attached hydrogens (tertiary/aromatic N) is 3. The van der Waals surface area contributed by atoms with Crippen molar-refractivity contribution in [1.82, 2.24) is 20.1 Å². The molecule has 2 atom stereocenters. The first kappa shape index (κ1) is 15.4. The summed E-state index contributed by atoms with van der Waals surface area (Å²) in [5.74, 6) is 2.16. The van der Waals surface area contributed by atoms with Crippen molar-refractivity contribution in [2.24, 2.45) is 11.8 Å². The lowest BCUT2D eigenvalue weighted by Crippen LogP contribution is -2.29. The lowest BCUT2D eigenvalue weighted by atomic mass is 9.88. The van der Waals surface area contributed by atoms with Crippen molar-refractivity contribution in [1.29, 1.82) is 0 Å². The van der Waals surface area contributed by atoms with E-state index < -0.39 is 9.84 Å². The molecule has 0 spiro atoms. The van der Waals surface area contributed by atoms with Gasteiger partial charge in [0.2, 0.25) is 0 Å². The number of aromatic nitrogens is 3. The predicted molar refractivity (Wildman–Crippen MR) is 78.2 cm³/mol. The fraction of sp³-hybridized carbons (Fsp3) is 0.846. The van der Waals surface area contributed by atoms with Crippen molar-refractivity contribution in [2.75, 3.05) is 25.1 Å². The molecule has 1 N–H and O–H groups in total. The standard InChI is InChI=1S/C13H24N4O2S/c1-3-5-17-13(15-10-16-17)7-12(8-14-2)11-4-6-20(18,19)9-11/h10-12,14H,3-9H2,1-2H3. The van der Waals surface area contributed by atoms with E-state index in [1.165, 1.54) is 0 Å². The maximum atomic E-state index is 11.7. The molecule has 0 aromatic carbocycles. The quantitative estimate of drug-likeness (QED) is 0.793. The molecule has 2 unspecified atom stereocenters. The van der Waals surface area contributed by atoms with Crippen LogP contribution in [0.15, 0.2) is 6.33 Å². The summed E-state index contributed by atoms with van der Waals surface area (Å²) < 4.78 is 25.3. The summed E-state index contributed by atoms with van der Waals surface area (Å²) in [4.78, 5) is 4.34. The molecule has 2 heterocycles. The first-order chi connectivity index (χ1) is 9.55. The Balaban J connectivity index is 2.07. The van der Waals surface area contributed by atoms with Gasteiger partial charge in [-0.1, -0.05) is 6.92 Å². The van der Waals surface area contributed by atoms with Crippen molar-refractivity contribution in [3.05, 3.63) is 12.2 Å². The van der Waals surface area contributed by atoms with E-state index in [0.29, 0.717) is 17.4 Å². The van der Waals surface area contributed by atoms with Crippen LogP contribution in [0, 0.1) is 11.8 Å². The second-order valence-electron chi connectivity index (χ2n) is 5.58. The molecule has 1 aliphatic heterocycles. The van der Waals surface area contributed by atoms with Gasteiger partial charge < -0.3 is 5.32 Å². The van der Waals surface area contributed by atoms with Gasteiger partial charge in [-0.05, 0) is 38.3 Å². The van der Waals surface area contributed by atoms with Crippen LogP contribution in [0.1, 0.15) is 25.6 Å². The molecule has 0 amide bonds. The summed E-state index contributed by atoms with van der Waals surface area (Å²) in [5, 5.41) is 7.42. The maximum absolute atomic E-state index is 11.7. The van der Waals surface area contributed by atoms with Crippen LogP contribution in [0.4, 0.5) is 0 Å². The molecule has 0 saturated carbocycles. The summed E-state index contributed by atoms with van der Waals surface area (Å²) in [6.07, 6.45) is 4.18. The van der Waals surface area contributed by atoms with Crippen molar-refractivity contribution in [2.45, 2.75) is 32.7 Å². The van der Waals surface area contributed by atoms with E-state index in [1.807, 2.05) is 11.7 Å². The van der Waals surface area contributed by atoms with E-state index in [0.717, 1.165) is 38.2 Å². The number of aryl methyl sites for hydroxylation is 1. The molecule has 6 nitrogen and oxygen atoms in total.